The van der Waals surface area contributed by atoms with Crippen molar-refractivity contribution in [2.75, 3.05) is 10.7 Å². The van der Waals surface area contributed by atoms with Gasteiger partial charge in [-0.15, -0.1) is 0 Å². The number of alkyl halides is 3. The van der Waals surface area contributed by atoms with Gasteiger partial charge in [0.25, 0.3) is 0 Å². The molecule has 0 aliphatic carbocycles. The number of anilines is 1. The molecule has 0 spiro atoms. The molecule has 6 nitrogen and oxygen atoms in total. The molecular formula is C25H24F3N4O2SSi. The number of aromatic nitrogens is 2. The summed E-state index contributed by atoms with van der Waals surface area (Å²) in [5.41, 5.74) is -1.32. The van der Waals surface area contributed by atoms with Crippen molar-refractivity contribution >= 4 is 35.6 Å². The van der Waals surface area contributed by atoms with E-state index in [9.17, 15) is 21.6 Å². The molecule has 0 atom stereocenters. The quantitative estimate of drug-likeness (QED) is 0.357. The zero-order valence-electron chi connectivity index (χ0n) is 19.2. The second-order valence-electron chi connectivity index (χ2n) is 8.73. The SMILES string of the molecule is O=S(=O)(N1Cc2ccccc2N(Cc2cc3[nH]ccc3cn2)[Si](CCc2ccccc2)C1)C(F)(F)F. The Balaban J connectivity index is 1.55. The van der Waals surface area contributed by atoms with Crippen molar-refractivity contribution in [2.24, 2.45) is 0 Å². The molecule has 0 fully saturated rings. The maximum atomic E-state index is 13.6. The average Bonchev–Trinajstić information content (AvgIpc) is 3.26. The van der Waals surface area contributed by atoms with Crippen LogP contribution in [0.5, 0.6) is 0 Å². The van der Waals surface area contributed by atoms with Crippen molar-refractivity contribution < 1.29 is 21.6 Å². The summed E-state index contributed by atoms with van der Waals surface area (Å²) < 4.78 is 68.7. The standard InChI is InChI=1S/C25H24F3N4O2SSi/c26-25(27,28)35(33,34)31-16-21-8-4-5-9-24(21)32(17-22-14-23-20(15-30-22)10-12-29-23)36(18-31)13-11-19-6-2-1-3-7-19/h1-10,12,14-15,29H,11,13,16-18H2. The van der Waals surface area contributed by atoms with E-state index in [1.165, 1.54) is 0 Å². The number of pyridine rings is 1. The molecule has 2 aromatic heterocycles. The molecule has 1 radical (unpaired) electrons. The normalized spacial score (nSPS) is 15.7. The first-order valence-electron chi connectivity index (χ1n) is 11.4. The van der Waals surface area contributed by atoms with Gasteiger partial charge in [-0.3, -0.25) is 4.98 Å². The molecule has 1 aliphatic heterocycles. The molecular weight excluding hydrogens is 505 g/mol. The number of sulfonamides is 1. The summed E-state index contributed by atoms with van der Waals surface area (Å²) in [6.45, 7) is 0.0477. The van der Waals surface area contributed by atoms with Crippen LogP contribution >= 0.6 is 0 Å². The number of H-pyrrole nitrogens is 1. The first-order chi connectivity index (χ1) is 17.2. The minimum atomic E-state index is -5.49. The van der Waals surface area contributed by atoms with Crippen molar-refractivity contribution in [3.63, 3.8) is 0 Å². The Hall–Kier alpha value is -3.15. The molecule has 5 rings (SSSR count). The fourth-order valence-corrected chi connectivity index (χ4v) is 8.88. The first kappa shape index (κ1) is 24.5. The van der Waals surface area contributed by atoms with Gasteiger partial charge in [0.2, 0.25) is 0 Å². The second kappa shape index (κ2) is 9.72. The number of para-hydroxylation sites is 1. The van der Waals surface area contributed by atoms with Crippen molar-refractivity contribution in [1.29, 1.82) is 0 Å². The van der Waals surface area contributed by atoms with Gasteiger partial charge < -0.3 is 9.55 Å². The summed E-state index contributed by atoms with van der Waals surface area (Å²) in [5.74, 6) is 0. The van der Waals surface area contributed by atoms with Gasteiger partial charge in [-0.25, -0.2) is 8.42 Å². The van der Waals surface area contributed by atoms with Crippen LogP contribution in [-0.2, 0) is 29.5 Å². The summed E-state index contributed by atoms with van der Waals surface area (Å²) >= 11 is 0. The van der Waals surface area contributed by atoms with Crippen LogP contribution in [0.3, 0.4) is 0 Å². The van der Waals surface area contributed by atoms with Crippen molar-refractivity contribution in [2.45, 2.75) is 31.1 Å². The summed E-state index contributed by atoms with van der Waals surface area (Å²) in [7, 11) is -7.32. The van der Waals surface area contributed by atoms with Crippen LogP contribution < -0.4 is 4.57 Å². The third-order valence-electron chi connectivity index (χ3n) is 6.36. The first-order valence-corrected chi connectivity index (χ1v) is 14.7. The summed E-state index contributed by atoms with van der Waals surface area (Å²) in [4.78, 5) is 7.75. The Morgan fingerprint density at radius 2 is 1.78 bits per heavy atom. The van der Waals surface area contributed by atoms with Crippen LogP contribution in [0.15, 0.2) is 79.1 Å². The number of fused-ring (bicyclic) bond motifs is 2. The maximum Gasteiger partial charge on any atom is 0.511 e. The van der Waals surface area contributed by atoms with Gasteiger partial charge in [0, 0.05) is 41.7 Å². The lowest BCUT2D eigenvalue weighted by atomic mass is 10.1. The molecule has 0 unspecified atom stereocenters. The molecule has 0 saturated heterocycles. The molecule has 11 heteroatoms. The molecule has 3 heterocycles. The van der Waals surface area contributed by atoms with Gasteiger partial charge in [-0.1, -0.05) is 48.5 Å². The number of hydrogen-bond donors (Lipinski definition) is 1. The minimum absolute atomic E-state index is 0.182. The average molecular weight is 530 g/mol. The number of aryl methyl sites for hydroxylation is 1. The van der Waals surface area contributed by atoms with Crippen LogP contribution in [0.4, 0.5) is 18.9 Å². The predicted octanol–water partition coefficient (Wildman–Crippen LogP) is 5.01. The maximum absolute atomic E-state index is 13.6. The number of nitrogens with one attached hydrogen (secondary N) is 1. The van der Waals surface area contributed by atoms with E-state index >= 15 is 0 Å². The van der Waals surface area contributed by atoms with Gasteiger partial charge in [0.05, 0.1) is 12.2 Å². The van der Waals surface area contributed by atoms with Crippen molar-refractivity contribution in [3.05, 3.63) is 95.9 Å². The fraction of sp³-hybridized carbons (Fsp3) is 0.240. The van der Waals surface area contributed by atoms with Gasteiger partial charge in [0.1, 0.15) is 0 Å². The topological polar surface area (TPSA) is 69.3 Å². The van der Waals surface area contributed by atoms with Crippen molar-refractivity contribution in [3.8, 4) is 0 Å². The van der Waals surface area contributed by atoms with Crippen LogP contribution in [0, 0.1) is 0 Å². The van der Waals surface area contributed by atoms with E-state index in [0.29, 0.717) is 28.9 Å². The van der Waals surface area contributed by atoms with E-state index in [4.69, 9.17) is 0 Å². The molecule has 0 saturated carbocycles. The Bertz CT molecular complexity index is 1460. The summed E-state index contributed by atoms with van der Waals surface area (Å²) in [6.07, 6.45) is 4.05. The van der Waals surface area contributed by atoms with Gasteiger partial charge in [0.15, 0.2) is 8.96 Å². The molecule has 0 bridgehead atoms. The molecule has 36 heavy (non-hydrogen) atoms. The predicted molar refractivity (Wildman–Crippen MR) is 135 cm³/mol. The number of rotatable bonds is 6. The van der Waals surface area contributed by atoms with Crippen LogP contribution in [-0.4, -0.2) is 43.3 Å². The lowest BCUT2D eigenvalue weighted by molar-refractivity contribution is -0.0486. The third kappa shape index (κ3) is 4.91. The van der Waals surface area contributed by atoms with Gasteiger partial charge in [-0.05, 0) is 41.8 Å². The van der Waals surface area contributed by atoms with E-state index in [0.717, 1.165) is 27.8 Å². The number of benzene rings is 2. The summed E-state index contributed by atoms with van der Waals surface area (Å²) in [6, 6.07) is 21.2. The second-order valence-corrected chi connectivity index (χ2v) is 13.1. The van der Waals surface area contributed by atoms with Crippen LogP contribution in [0.2, 0.25) is 6.04 Å². The highest BCUT2D eigenvalue weighted by molar-refractivity contribution is 7.90. The van der Waals surface area contributed by atoms with E-state index in [1.807, 2.05) is 60.8 Å². The minimum Gasteiger partial charge on any atom is -0.391 e. The summed E-state index contributed by atoms with van der Waals surface area (Å²) in [5, 5.41) is 0.965. The lowest BCUT2D eigenvalue weighted by Gasteiger charge is -2.32. The van der Waals surface area contributed by atoms with E-state index in [2.05, 4.69) is 14.5 Å². The molecule has 0 amide bonds. The van der Waals surface area contributed by atoms with E-state index in [1.54, 1.807) is 18.3 Å². The molecule has 187 valence electrons. The molecule has 1 N–H and O–H groups in total. The highest BCUT2D eigenvalue weighted by Crippen LogP contribution is 2.35. The highest BCUT2D eigenvalue weighted by Gasteiger charge is 2.51. The van der Waals surface area contributed by atoms with Crippen LogP contribution in [0.1, 0.15) is 16.8 Å². The van der Waals surface area contributed by atoms with Gasteiger partial charge >= 0.3 is 15.5 Å². The zero-order valence-corrected chi connectivity index (χ0v) is 21.1. The smallest absolute Gasteiger partial charge is 0.391 e. The monoisotopic (exact) mass is 529 g/mol. The highest BCUT2D eigenvalue weighted by atomic mass is 32.2. The zero-order chi connectivity index (χ0) is 25.3. The largest absolute Gasteiger partial charge is 0.511 e. The Labute approximate surface area is 209 Å². The molecule has 1 aliphatic rings. The van der Waals surface area contributed by atoms with Gasteiger partial charge in [-0.2, -0.15) is 17.5 Å². The Morgan fingerprint density at radius 3 is 2.56 bits per heavy atom. The van der Waals surface area contributed by atoms with E-state index < -0.39 is 24.5 Å². The Morgan fingerprint density at radius 1 is 1.03 bits per heavy atom. The number of hydrogen-bond acceptors (Lipinski definition) is 4. The lowest BCUT2D eigenvalue weighted by Crippen LogP contribution is -2.50. The van der Waals surface area contributed by atoms with Crippen LogP contribution in [0.25, 0.3) is 10.9 Å². The number of nitrogens with zero attached hydrogens (tertiary/aromatic N) is 3. The number of halogens is 3. The molecule has 2 aromatic carbocycles. The third-order valence-corrected chi connectivity index (χ3v) is 10.8. The van der Waals surface area contributed by atoms with Crippen molar-refractivity contribution in [1.82, 2.24) is 14.3 Å². The Kier molecular flexibility index (Phi) is 6.62. The van der Waals surface area contributed by atoms with E-state index in [-0.39, 0.29) is 12.7 Å². The molecule has 4 aromatic rings. The fourth-order valence-electron chi connectivity index (χ4n) is 4.51. The number of aromatic amines is 1.